The van der Waals surface area contributed by atoms with Gasteiger partial charge in [0.1, 0.15) is 17.3 Å². The van der Waals surface area contributed by atoms with E-state index >= 15 is 0 Å². The first kappa shape index (κ1) is 27.2. The van der Waals surface area contributed by atoms with Crippen molar-refractivity contribution < 1.29 is 19.0 Å². The van der Waals surface area contributed by atoms with Crippen molar-refractivity contribution in [3.63, 3.8) is 0 Å². The zero-order valence-corrected chi connectivity index (χ0v) is 25.1. The Morgan fingerprint density at radius 2 is 1.68 bits per heavy atom. The van der Waals surface area contributed by atoms with Gasteiger partial charge in [0.2, 0.25) is 0 Å². The number of esters is 1. The SMILES string of the molecule is CCOC(=O)C1=C(c2ccccc2)OC2=C(c3c(sc(=S)n3-c3ccccc3)C(C)(C)C2)C1c1ccc(OC)cc1. The fourth-order valence-corrected chi connectivity index (χ4v) is 7.35. The summed E-state index contributed by atoms with van der Waals surface area (Å²) >= 11 is 7.64. The highest BCUT2D eigenvalue weighted by molar-refractivity contribution is 7.73. The molecule has 1 atom stereocenters. The van der Waals surface area contributed by atoms with Gasteiger partial charge in [0.15, 0.2) is 3.95 Å². The molecule has 4 aromatic rings. The Hall–Kier alpha value is -3.94. The van der Waals surface area contributed by atoms with Crippen LogP contribution in [0.15, 0.2) is 96.3 Å². The molecule has 1 unspecified atom stereocenters. The number of benzene rings is 3. The van der Waals surface area contributed by atoms with E-state index in [0.717, 1.165) is 43.5 Å². The summed E-state index contributed by atoms with van der Waals surface area (Å²) in [5.74, 6) is 1.27. The molecule has 7 heteroatoms. The summed E-state index contributed by atoms with van der Waals surface area (Å²) in [6.07, 6.45) is 0.665. The van der Waals surface area contributed by atoms with Crippen LogP contribution in [0.4, 0.5) is 0 Å². The van der Waals surface area contributed by atoms with Crippen LogP contribution < -0.4 is 4.74 Å². The van der Waals surface area contributed by atoms with Gasteiger partial charge in [-0.25, -0.2) is 4.79 Å². The monoisotopic (exact) mass is 581 g/mol. The van der Waals surface area contributed by atoms with E-state index in [1.807, 2.05) is 79.7 Å². The minimum atomic E-state index is -0.451. The van der Waals surface area contributed by atoms with E-state index in [4.69, 9.17) is 26.4 Å². The standard InChI is InChI=1S/C34H31NO4S2/c1-5-38-32(36)28-26(21-16-18-24(37-4)19-17-21)27-25(39-30(28)22-12-8-6-9-13-22)20-34(2,3)31-29(27)35(33(40)41-31)23-14-10-7-11-15-23/h6-19,26H,5,20H2,1-4H3. The summed E-state index contributed by atoms with van der Waals surface area (Å²) in [6.45, 7) is 6.54. The van der Waals surface area contributed by atoms with E-state index in [2.05, 4.69) is 30.5 Å². The second-order valence-electron chi connectivity index (χ2n) is 10.8. The number of nitrogens with zero attached hydrogens (tertiary/aromatic N) is 1. The number of rotatable bonds is 6. The Morgan fingerprint density at radius 3 is 2.32 bits per heavy atom. The van der Waals surface area contributed by atoms with Gasteiger partial charge in [0.05, 0.1) is 30.9 Å². The molecule has 3 aromatic carbocycles. The lowest BCUT2D eigenvalue weighted by Gasteiger charge is -2.40. The van der Waals surface area contributed by atoms with Crippen molar-refractivity contribution in [2.24, 2.45) is 0 Å². The Bertz CT molecular complexity index is 1730. The predicted molar refractivity (Wildman–Crippen MR) is 166 cm³/mol. The molecule has 0 spiro atoms. The number of carbonyl (C=O) groups is 1. The summed E-state index contributed by atoms with van der Waals surface area (Å²) in [6, 6.07) is 27.9. The summed E-state index contributed by atoms with van der Waals surface area (Å²) in [5, 5.41) is 0. The van der Waals surface area contributed by atoms with Gasteiger partial charge in [-0.2, -0.15) is 0 Å². The molecule has 6 rings (SSSR count). The first-order valence-corrected chi connectivity index (χ1v) is 14.9. The number of carbonyl (C=O) groups excluding carboxylic acids is 1. The molecule has 5 nitrogen and oxygen atoms in total. The van der Waals surface area contributed by atoms with Crippen LogP contribution in [-0.4, -0.2) is 24.3 Å². The number of methoxy groups -OCH3 is 1. The Morgan fingerprint density at radius 1 is 1.02 bits per heavy atom. The van der Waals surface area contributed by atoms with E-state index in [1.54, 1.807) is 18.4 Å². The molecule has 0 fully saturated rings. The number of ether oxygens (including phenoxy) is 3. The number of allylic oxidation sites excluding steroid dienone is 2. The zero-order valence-electron chi connectivity index (χ0n) is 23.5. The van der Waals surface area contributed by atoms with Gasteiger partial charge >= 0.3 is 5.97 Å². The molecular weight excluding hydrogens is 551 g/mol. The van der Waals surface area contributed by atoms with Crippen LogP contribution >= 0.6 is 23.6 Å². The highest BCUT2D eigenvalue weighted by atomic mass is 32.1. The lowest BCUT2D eigenvalue weighted by molar-refractivity contribution is -0.138. The molecule has 1 aliphatic heterocycles. The van der Waals surface area contributed by atoms with E-state index in [-0.39, 0.29) is 12.0 Å². The van der Waals surface area contributed by atoms with Crippen LogP contribution in [0.25, 0.3) is 17.0 Å². The number of hydrogen-bond donors (Lipinski definition) is 0. The molecule has 0 saturated carbocycles. The molecule has 41 heavy (non-hydrogen) atoms. The smallest absolute Gasteiger partial charge is 0.338 e. The second kappa shape index (κ2) is 10.8. The summed E-state index contributed by atoms with van der Waals surface area (Å²) in [5.41, 5.74) is 4.93. The number of hydrogen-bond acceptors (Lipinski definition) is 6. The largest absolute Gasteiger partial charge is 0.497 e. The maximum atomic E-state index is 13.9. The molecular formula is C34H31NO4S2. The van der Waals surface area contributed by atoms with Crippen molar-refractivity contribution in [2.75, 3.05) is 13.7 Å². The van der Waals surface area contributed by atoms with Gasteiger partial charge in [-0.3, -0.25) is 4.57 Å². The lowest BCUT2D eigenvalue weighted by atomic mass is 9.71. The van der Waals surface area contributed by atoms with Crippen molar-refractivity contribution in [2.45, 2.75) is 38.5 Å². The van der Waals surface area contributed by atoms with Crippen LogP contribution in [0.1, 0.15) is 54.8 Å². The van der Waals surface area contributed by atoms with Crippen LogP contribution in [0.2, 0.25) is 0 Å². The molecule has 1 aliphatic carbocycles. The maximum absolute atomic E-state index is 13.9. The Kier molecular flexibility index (Phi) is 7.18. The van der Waals surface area contributed by atoms with Crippen molar-refractivity contribution in [1.82, 2.24) is 4.57 Å². The quantitative estimate of drug-likeness (QED) is 0.169. The van der Waals surface area contributed by atoms with Crippen molar-refractivity contribution >= 4 is 40.9 Å². The summed E-state index contributed by atoms with van der Waals surface area (Å²) < 4.78 is 20.9. The molecule has 0 N–H and O–H groups in total. The maximum Gasteiger partial charge on any atom is 0.338 e. The van der Waals surface area contributed by atoms with Crippen molar-refractivity contribution in [3.8, 4) is 11.4 Å². The fourth-order valence-electron chi connectivity index (χ4n) is 5.79. The predicted octanol–water partition coefficient (Wildman–Crippen LogP) is 8.46. The van der Waals surface area contributed by atoms with Crippen LogP contribution in [0, 0.1) is 3.95 Å². The molecule has 0 radical (unpaired) electrons. The van der Waals surface area contributed by atoms with E-state index < -0.39 is 11.9 Å². The normalized spacial score (nSPS) is 17.4. The molecule has 2 aliphatic rings. The minimum absolute atomic E-state index is 0.236. The van der Waals surface area contributed by atoms with Crippen molar-refractivity contribution in [1.29, 1.82) is 0 Å². The lowest BCUT2D eigenvalue weighted by Crippen LogP contribution is -2.31. The molecule has 0 amide bonds. The zero-order chi connectivity index (χ0) is 28.7. The Balaban J connectivity index is 1.69. The number of aromatic nitrogens is 1. The van der Waals surface area contributed by atoms with Crippen LogP contribution in [0.3, 0.4) is 0 Å². The highest BCUT2D eigenvalue weighted by Gasteiger charge is 2.46. The average molecular weight is 582 g/mol. The summed E-state index contributed by atoms with van der Waals surface area (Å²) in [7, 11) is 1.65. The number of fused-ring (bicyclic) bond motifs is 2. The third kappa shape index (κ3) is 4.73. The van der Waals surface area contributed by atoms with E-state index in [9.17, 15) is 4.79 Å². The van der Waals surface area contributed by atoms with Gasteiger partial charge in [-0.1, -0.05) is 74.5 Å². The summed E-state index contributed by atoms with van der Waals surface area (Å²) in [4.78, 5) is 15.1. The highest BCUT2D eigenvalue weighted by Crippen LogP contribution is 2.56. The topological polar surface area (TPSA) is 49.7 Å². The van der Waals surface area contributed by atoms with E-state index in [1.165, 1.54) is 4.88 Å². The van der Waals surface area contributed by atoms with Gasteiger partial charge in [0.25, 0.3) is 0 Å². The molecule has 208 valence electrons. The van der Waals surface area contributed by atoms with Crippen molar-refractivity contribution in [3.05, 3.63) is 122 Å². The molecule has 1 aromatic heterocycles. The third-order valence-electron chi connectivity index (χ3n) is 7.63. The third-order valence-corrected chi connectivity index (χ3v) is 9.37. The van der Waals surface area contributed by atoms with Crippen LogP contribution in [0.5, 0.6) is 5.75 Å². The minimum Gasteiger partial charge on any atom is -0.497 e. The fraction of sp³-hybridized carbons (Fsp3) is 0.235. The second-order valence-corrected chi connectivity index (χ2v) is 12.4. The first-order chi connectivity index (χ1) is 19.8. The first-order valence-electron chi connectivity index (χ1n) is 13.7. The van der Waals surface area contributed by atoms with E-state index in [0.29, 0.717) is 17.8 Å². The average Bonchev–Trinajstić information content (AvgIpc) is 3.35. The molecule has 0 bridgehead atoms. The molecule has 0 saturated heterocycles. The number of para-hydroxylation sites is 1. The molecule has 2 heterocycles. The Labute approximate surface area is 249 Å². The van der Waals surface area contributed by atoms with Gasteiger partial charge in [-0.15, -0.1) is 11.3 Å². The van der Waals surface area contributed by atoms with Gasteiger partial charge in [0, 0.05) is 33.5 Å². The van der Waals surface area contributed by atoms with Gasteiger partial charge < -0.3 is 14.2 Å². The number of thiazole rings is 1. The van der Waals surface area contributed by atoms with Gasteiger partial charge in [-0.05, 0) is 49.0 Å². The van der Waals surface area contributed by atoms with Crippen LogP contribution in [-0.2, 0) is 19.7 Å².